The van der Waals surface area contributed by atoms with E-state index in [-0.39, 0.29) is 29.4 Å². The zero-order valence-corrected chi connectivity index (χ0v) is 25.6. The molecule has 1 aromatic heterocycles. The minimum absolute atomic E-state index is 0.0557. The number of benzene rings is 2. The number of hydrogen-bond acceptors (Lipinski definition) is 9. The maximum Gasteiger partial charge on any atom is 0.268 e. The first kappa shape index (κ1) is 29.3. The highest BCUT2D eigenvalue weighted by molar-refractivity contribution is 7.93. The number of fused-ring (bicyclic) bond motifs is 3. The van der Waals surface area contributed by atoms with Gasteiger partial charge in [0.15, 0.2) is 0 Å². The highest BCUT2D eigenvalue weighted by Gasteiger charge is 2.37. The SMILES string of the molecule is CCCN1c2cc(C(=O)N[C@H]3CC[C@H](N)CC3)ccc2-c2nc(Nc3ccc(N4CCN(C)CC4)cc3)ncc2S1(=O)=O. The zero-order valence-electron chi connectivity index (χ0n) is 24.8. The molecule has 0 radical (unpaired) electrons. The van der Waals surface area contributed by atoms with Gasteiger partial charge >= 0.3 is 0 Å². The van der Waals surface area contributed by atoms with Crippen molar-refractivity contribution in [3.8, 4) is 11.3 Å². The first-order valence-electron chi connectivity index (χ1n) is 15.1. The first-order valence-corrected chi connectivity index (χ1v) is 16.6. The Hall–Kier alpha value is -3.74. The molecule has 3 aromatic rings. The summed E-state index contributed by atoms with van der Waals surface area (Å²) in [6, 6.07) is 13.6. The van der Waals surface area contributed by atoms with Crippen molar-refractivity contribution in [3.63, 3.8) is 0 Å². The molecule has 2 aliphatic heterocycles. The van der Waals surface area contributed by atoms with Crippen LogP contribution >= 0.6 is 0 Å². The number of carbonyl (C=O) groups excluding carboxylic acids is 1. The van der Waals surface area contributed by atoms with Crippen molar-refractivity contribution < 1.29 is 13.2 Å². The lowest BCUT2D eigenvalue weighted by Gasteiger charge is -2.34. The van der Waals surface area contributed by atoms with Crippen LogP contribution in [-0.4, -0.2) is 81.0 Å². The maximum absolute atomic E-state index is 13.8. The number of hydrogen-bond donors (Lipinski definition) is 3. The van der Waals surface area contributed by atoms with Gasteiger partial charge in [0, 0.05) is 67.3 Å². The molecule has 2 aromatic carbocycles. The van der Waals surface area contributed by atoms with Crippen LogP contribution in [0.4, 0.5) is 23.0 Å². The lowest BCUT2D eigenvalue weighted by Crippen LogP contribution is -2.44. The molecule has 0 bridgehead atoms. The van der Waals surface area contributed by atoms with E-state index in [0.29, 0.717) is 34.9 Å². The molecule has 43 heavy (non-hydrogen) atoms. The Morgan fingerprint density at radius 2 is 1.74 bits per heavy atom. The Labute approximate surface area is 253 Å². The average Bonchev–Trinajstić information content (AvgIpc) is 3.01. The van der Waals surface area contributed by atoms with Gasteiger partial charge in [-0.05, 0) is 81.6 Å². The molecule has 228 valence electrons. The third-order valence-electron chi connectivity index (χ3n) is 8.63. The topological polar surface area (TPSA) is 137 Å². The smallest absolute Gasteiger partial charge is 0.268 e. The second-order valence-corrected chi connectivity index (χ2v) is 13.6. The Bertz CT molecular complexity index is 1580. The molecule has 6 rings (SSSR count). The van der Waals surface area contributed by atoms with Crippen molar-refractivity contribution in [1.29, 1.82) is 0 Å². The summed E-state index contributed by atoms with van der Waals surface area (Å²) in [6.45, 7) is 6.24. The van der Waals surface area contributed by atoms with E-state index in [1.165, 1.54) is 10.5 Å². The molecule has 1 amide bonds. The van der Waals surface area contributed by atoms with Crippen LogP contribution in [-0.2, 0) is 10.0 Å². The van der Waals surface area contributed by atoms with E-state index in [9.17, 15) is 13.2 Å². The van der Waals surface area contributed by atoms with E-state index in [2.05, 4.69) is 49.6 Å². The minimum atomic E-state index is -3.92. The number of nitrogens with one attached hydrogen (secondary N) is 2. The van der Waals surface area contributed by atoms with Crippen LogP contribution in [0.3, 0.4) is 0 Å². The number of anilines is 4. The van der Waals surface area contributed by atoms with Crippen LogP contribution in [0.15, 0.2) is 53.6 Å². The van der Waals surface area contributed by atoms with Crippen molar-refractivity contribution in [1.82, 2.24) is 20.2 Å². The number of nitrogens with zero attached hydrogens (tertiary/aromatic N) is 5. The normalized spacial score (nSPS) is 21.6. The fourth-order valence-electron chi connectivity index (χ4n) is 6.07. The second-order valence-electron chi connectivity index (χ2n) is 11.8. The molecule has 0 spiro atoms. The molecule has 1 aliphatic carbocycles. The van der Waals surface area contributed by atoms with E-state index in [1.54, 1.807) is 18.2 Å². The third-order valence-corrected chi connectivity index (χ3v) is 10.4. The number of aromatic nitrogens is 2. The predicted molar refractivity (Wildman–Crippen MR) is 169 cm³/mol. The number of likely N-dealkylation sites (N-methyl/N-ethyl adjacent to an activating group) is 1. The summed E-state index contributed by atoms with van der Waals surface area (Å²) in [6.07, 6.45) is 5.42. The van der Waals surface area contributed by atoms with Gasteiger partial charge in [-0.1, -0.05) is 6.92 Å². The third kappa shape index (κ3) is 6.04. The minimum Gasteiger partial charge on any atom is -0.369 e. The largest absolute Gasteiger partial charge is 0.369 e. The fourth-order valence-corrected chi connectivity index (χ4v) is 7.72. The van der Waals surface area contributed by atoms with E-state index in [1.807, 2.05) is 19.1 Å². The van der Waals surface area contributed by atoms with E-state index in [0.717, 1.165) is 63.2 Å². The van der Waals surface area contributed by atoms with Gasteiger partial charge in [0.25, 0.3) is 15.9 Å². The van der Waals surface area contributed by atoms with Crippen LogP contribution in [0.5, 0.6) is 0 Å². The number of nitrogens with two attached hydrogens (primary N) is 1. The van der Waals surface area contributed by atoms with Gasteiger partial charge in [-0.15, -0.1) is 0 Å². The van der Waals surface area contributed by atoms with Crippen molar-refractivity contribution >= 4 is 38.9 Å². The summed E-state index contributed by atoms with van der Waals surface area (Å²) >= 11 is 0. The van der Waals surface area contributed by atoms with Crippen LogP contribution < -0.4 is 25.6 Å². The lowest BCUT2D eigenvalue weighted by molar-refractivity contribution is 0.0926. The molecule has 2 fully saturated rings. The van der Waals surface area contributed by atoms with Crippen LogP contribution in [0.2, 0.25) is 0 Å². The summed E-state index contributed by atoms with van der Waals surface area (Å²) in [5, 5.41) is 6.34. The van der Waals surface area contributed by atoms with Gasteiger partial charge < -0.3 is 26.2 Å². The van der Waals surface area contributed by atoms with Crippen LogP contribution in [0.25, 0.3) is 11.3 Å². The molecular formula is C31H40N8O3S. The lowest BCUT2D eigenvalue weighted by atomic mass is 9.91. The van der Waals surface area contributed by atoms with Crippen LogP contribution in [0.1, 0.15) is 49.4 Å². The quantitative estimate of drug-likeness (QED) is 0.370. The van der Waals surface area contributed by atoms with Gasteiger partial charge in [0.2, 0.25) is 5.95 Å². The fraction of sp³-hybridized carbons (Fsp3) is 0.452. The van der Waals surface area contributed by atoms with E-state index < -0.39 is 10.0 Å². The van der Waals surface area contributed by atoms with Crippen molar-refractivity contribution in [2.75, 3.05) is 54.3 Å². The molecule has 0 atom stereocenters. The predicted octanol–water partition coefficient (Wildman–Crippen LogP) is 3.56. The molecule has 3 heterocycles. The zero-order chi connectivity index (χ0) is 30.1. The van der Waals surface area contributed by atoms with Gasteiger partial charge in [-0.2, -0.15) is 0 Å². The highest BCUT2D eigenvalue weighted by Crippen LogP contribution is 2.43. The monoisotopic (exact) mass is 604 g/mol. The Balaban J connectivity index is 1.27. The first-order chi connectivity index (χ1) is 20.7. The summed E-state index contributed by atoms with van der Waals surface area (Å²) in [7, 11) is -1.78. The molecule has 4 N–H and O–H groups in total. The number of piperazine rings is 1. The van der Waals surface area contributed by atoms with Gasteiger partial charge in [-0.3, -0.25) is 9.10 Å². The van der Waals surface area contributed by atoms with Gasteiger partial charge in [0.05, 0.1) is 17.6 Å². The second kappa shape index (κ2) is 12.1. The number of amides is 1. The Kier molecular flexibility index (Phi) is 8.25. The van der Waals surface area contributed by atoms with E-state index >= 15 is 0 Å². The Morgan fingerprint density at radius 1 is 1.02 bits per heavy atom. The summed E-state index contributed by atoms with van der Waals surface area (Å²) < 4.78 is 28.9. The summed E-state index contributed by atoms with van der Waals surface area (Å²) in [5.74, 6) is 0.0847. The number of carbonyl (C=O) groups is 1. The van der Waals surface area contributed by atoms with E-state index in [4.69, 9.17) is 5.73 Å². The molecular weight excluding hydrogens is 564 g/mol. The standard InChI is InChI=1S/C31H40N8O3S/c1-3-14-39-27-19-21(30(40)34-23-7-5-22(32)6-8-23)4-13-26(27)29-28(43(39,41)42)20-33-31(36-29)35-24-9-11-25(12-10-24)38-17-15-37(2)16-18-38/h4,9-13,19-20,22-23H,3,5-8,14-18,32H2,1-2H3,(H,34,40)(H,33,35,36)/t22-,23-. The van der Waals surface area contributed by atoms with Crippen LogP contribution in [0, 0.1) is 0 Å². The Morgan fingerprint density at radius 3 is 2.44 bits per heavy atom. The number of sulfonamides is 1. The summed E-state index contributed by atoms with van der Waals surface area (Å²) in [4.78, 5) is 27.0. The molecule has 1 saturated heterocycles. The van der Waals surface area contributed by atoms with Crippen molar-refractivity contribution in [2.24, 2.45) is 5.73 Å². The maximum atomic E-state index is 13.8. The molecule has 3 aliphatic rings. The molecule has 12 heteroatoms. The van der Waals surface area contributed by atoms with Crippen molar-refractivity contribution in [3.05, 3.63) is 54.2 Å². The van der Waals surface area contributed by atoms with Crippen molar-refractivity contribution in [2.45, 2.75) is 56.0 Å². The average molecular weight is 605 g/mol. The summed E-state index contributed by atoms with van der Waals surface area (Å²) in [5.41, 5.74) is 9.83. The molecule has 0 unspecified atom stereocenters. The van der Waals surface area contributed by atoms with Gasteiger partial charge in [0.1, 0.15) is 4.90 Å². The number of rotatable bonds is 7. The molecule has 11 nitrogen and oxygen atoms in total. The molecule has 1 saturated carbocycles. The highest BCUT2D eigenvalue weighted by atomic mass is 32.2. The van der Waals surface area contributed by atoms with Gasteiger partial charge in [-0.25, -0.2) is 18.4 Å².